The monoisotopic (exact) mass is 678 g/mol. The summed E-state index contributed by atoms with van der Waals surface area (Å²) >= 11 is 0. The third-order valence-corrected chi connectivity index (χ3v) is 9.64. The standard InChI is InChI=1S/C21H22N6O2.C17H24N2O2/c1-2-25-20-14(13-22-27(20)16-6-4-3-5-7-16)12-18(21(25)29)23-19(28)17-10-11-26(24-17)15-8-9-15;1-13(14(2)19(4)16-11-21-12-16)17(20)18(3)10-15-8-6-5-7-9-15/h3-7,10-11,13,15,18H,2,8-9,12H2,1H3,(H,23,28);5-9,14,16H,1,10-12H2,2-4H3. The molecule has 2 atom stereocenters. The van der Waals surface area contributed by atoms with E-state index in [-0.39, 0.29) is 23.8 Å². The number of anilines is 1. The van der Waals surface area contributed by atoms with Gasteiger partial charge < -0.3 is 15.0 Å². The molecule has 262 valence electrons. The minimum Gasteiger partial charge on any atom is -0.378 e. The van der Waals surface area contributed by atoms with Crippen LogP contribution >= 0.6 is 0 Å². The fraction of sp³-hybridized carbons (Fsp3) is 0.395. The fourth-order valence-electron chi connectivity index (χ4n) is 6.19. The third kappa shape index (κ3) is 7.56. The zero-order chi connectivity index (χ0) is 35.4. The van der Waals surface area contributed by atoms with Gasteiger partial charge in [0, 0.05) is 49.9 Å². The van der Waals surface area contributed by atoms with Crippen molar-refractivity contribution in [2.45, 2.75) is 63.8 Å². The first-order chi connectivity index (χ1) is 24.2. The second kappa shape index (κ2) is 15.2. The van der Waals surface area contributed by atoms with Crippen LogP contribution in [0.4, 0.5) is 5.82 Å². The summed E-state index contributed by atoms with van der Waals surface area (Å²) in [5.74, 6) is 0.316. The first-order valence-corrected chi connectivity index (χ1v) is 17.2. The van der Waals surface area contributed by atoms with E-state index >= 15 is 0 Å². The van der Waals surface area contributed by atoms with Crippen molar-refractivity contribution in [3.8, 4) is 5.69 Å². The zero-order valence-corrected chi connectivity index (χ0v) is 29.2. The van der Waals surface area contributed by atoms with E-state index in [1.807, 2.05) is 99.5 Å². The van der Waals surface area contributed by atoms with Crippen LogP contribution < -0.4 is 10.2 Å². The van der Waals surface area contributed by atoms with Gasteiger partial charge in [0.25, 0.3) is 17.7 Å². The van der Waals surface area contributed by atoms with Gasteiger partial charge in [-0.25, -0.2) is 4.68 Å². The molecule has 3 amide bonds. The predicted octanol–water partition coefficient (Wildman–Crippen LogP) is 4.03. The van der Waals surface area contributed by atoms with Gasteiger partial charge in [0.1, 0.15) is 17.6 Å². The molecule has 1 saturated carbocycles. The number of likely N-dealkylation sites (N-methyl/N-ethyl adjacent to an activating group) is 3. The zero-order valence-electron chi connectivity index (χ0n) is 29.2. The highest BCUT2D eigenvalue weighted by Gasteiger charge is 2.37. The van der Waals surface area contributed by atoms with E-state index in [1.165, 1.54) is 0 Å². The summed E-state index contributed by atoms with van der Waals surface area (Å²) in [5.41, 5.74) is 3.92. The quantitative estimate of drug-likeness (QED) is 0.238. The molecule has 2 unspecified atom stereocenters. The molecular weight excluding hydrogens is 632 g/mol. The Bertz CT molecular complexity index is 1810. The van der Waals surface area contributed by atoms with Crippen molar-refractivity contribution in [2.24, 2.45) is 0 Å². The Labute approximate surface area is 293 Å². The number of rotatable bonds is 11. The van der Waals surface area contributed by atoms with Crippen LogP contribution in [0.3, 0.4) is 0 Å². The van der Waals surface area contributed by atoms with Crippen LogP contribution in [0.1, 0.15) is 54.3 Å². The van der Waals surface area contributed by atoms with Crippen LogP contribution in [0.2, 0.25) is 0 Å². The summed E-state index contributed by atoms with van der Waals surface area (Å²) in [4.78, 5) is 43.9. The number of benzene rings is 2. The second-order valence-electron chi connectivity index (χ2n) is 13.2. The molecule has 12 heteroatoms. The minimum absolute atomic E-state index is 0.00144. The molecule has 2 aromatic carbocycles. The third-order valence-electron chi connectivity index (χ3n) is 9.64. The lowest BCUT2D eigenvalue weighted by molar-refractivity contribution is -0.127. The van der Waals surface area contributed by atoms with Crippen molar-refractivity contribution in [2.75, 3.05) is 38.8 Å². The summed E-state index contributed by atoms with van der Waals surface area (Å²) in [7, 11) is 3.84. The largest absolute Gasteiger partial charge is 0.378 e. The van der Waals surface area contributed by atoms with Gasteiger partial charge in [0.15, 0.2) is 0 Å². The molecule has 12 nitrogen and oxygen atoms in total. The van der Waals surface area contributed by atoms with E-state index in [4.69, 9.17) is 4.74 Å². The Morgan fingerprint density at radius 3 is 2.34 bits per heavy atom. The Morgan fingerprint density at radius 2 is 1.72 bits per heavy atom. The molecule has 50 heavy (non-hydrogen) atoms. The highest BCUT2D eigenvalue weighted by molar-refractivity contribution is 6.03. The van der Waals surface area contributed by atoms with Crippen molar-refractivity contribution < 1.29 is 19.1 Å². The Kier molecular flexibility index (Phi) is 10.6. The highest BCUT2D eigenvalue weighted by atomic mass is 16.5. The molecular formula is C38H46N8O4. The van der Waals surface area contributed by atoms with E-state index in [0.29, 0.717) is 42.9 Å². The molecule has 1 N–H and O–H groups in total. The SMILES string of the molecule is C=C(C(=O)N(C)Cc1ccccc1)C(C)N(C)C1COC1.CCN1C(=O)C(NC(=O)c2ccn(C3CC3)n2)Cc2cnn(-c3ccccc3)c21. The maximum absolute atomic E-state index is 13.1. The van der Waals surface area contributed by atoms with Crippen LogP contribution in [-0.2, 0) is 27.3 Å². The van der Waals surface area contributed by atoms with E-state index in [9.17, 15) is 14.4 Å². The number of amides is 3. The molecule has 2 aliphatic heterocycles. The predicted molar refractivity (Wildman–Crippen MR) is 191 cm³/mol. The number of hydrogen-bond acceptors (Lipinski definition) is 7. The van der Waals surface area contributed by atoms with E-state index in [2.05, 4.69) is 27.0 Å². The van der Waals surface area contributed by atoms with Gasteiger partial charge in [-0.05, 0) is 57.5 Å². The fourth-order valence-corrected chi connectivity index (χ4v) is 6.19. The Hall–Kier alpha value is -5.07. The van der Waals surface area contributed by atoms with Gasteiger partial charge in [-0.2, -0.15) is 10.2 Å². The average Bonchev–Trinajstić information content (AvgIpc) is 3.68. The topological polar surface area (TPSA) is 118 Å². The molecule has 4 heterocycles. The minimum atomic E-state index is -0.630. The second-order valence-corrected chi connectivity index (χ2v) is 13.2. The van der Waals surface area contributed by atoms with Crippen molar-refractivity contribution in [1.29, 1.82) is 0 Å². The van der Waals surface area contributed by atoms with Crippen molar-refractivity contribution in [1.82, 2.24) is 34.7 Å². The first-order valence-electron chi connectivity index (χ1n) is 17.2. The van der Waals surface area contributed by atoms with Crippen LogP contribution in [-0.4, -0.2) is 99.1 Å². The molecule has 0 bridgehead atoms. The van der Waals surface area contributed by atoms with E-state index in [1.54, 1.807) is 26.7 Å². The number of aromatic nitrogens is 4. The summed E-state index contributed by atoms with van der Waals surface area (Å²) < 4.78 is 8.82. The number of nitrogens with zero attached hydrogens (tertiary/aromatic N) is 7. The number of fused-ring (bicyclic) bond motifs is 1. The molecule has 2 aromatic heterocycles. The van der Waals surface area contributed by atoms with Crippen LogP contribution in [0.15, 0.2) is 91.3 Å². The number of carbonyl (C=O) groups excluding carboxylic acids is 3. The maximum Gasteiger partial charge on any atom is 0.272 e. The van der Waals surface area contributed by atoms with Crippen LogP contribution in [0.5, 0.6) is 0 Å². The molecule has 1 saturated heterocycles. The van der Waals surface area contributed by atoms with Crippen LogP contribution in [0.25, 0.3) is 5.69 Å². The Morgan fingerprint density at radius 1 is 1.04 bits per heavy atom. The molecule has 0 radical (unpaired) electrons. The van der Waals surface area contributed by atoms with E-state index in [0.717, 1.165) is 48.7 Å². The lowest BCUT2D eigenvalue weighted by Gasteiger charge is -2.39. The Balaban J connectivity index is 0.000000183. The van der Waals surface area contributed by atoms with Crippen LogP contribution in [0, 0.1) is 0 Å². The normalized spacial score (nSPS) is 17.7. The smallest absolute Gasteiger partial charge is 0.272 e. The van der Waals surface area contributed by atoms with Crippen molar-refractivity contribution in [3.63, 3.8) is 0 Å². The molecule has 2 fully saturated rings. The summed E-state index contributed by atoms with van der Waals surface area (Å²) in [5, 5.41) is 11.7. The molecule has 1 aliphatic carbocycles. The van der Waals surface area contributed by atoms with Gasteiger partial charge in [-0.1, -0.05) is 55.1 Å². The number of hydrogen-bond donors (Lipinski definition) is 1. The van der Waals surface area contributed by atoms with Gasteiger partial charge in [0.2, 0.25) is 0 Å². The van der Waals surface area contributed by atoms with Crippen molar-refractivity contribution >= 4 is 23.5 Å². The van der Waals surface area contributed by atoms with Gasteiger partial charge in [-0.15, -0.1) is 0 Å². The summed E-state index contributed by atoms with van der Waals surface area (Å²) in [6.07, 6.45) is 6.22. The van der Waals surface area contributed by atoms with Gasteiger partial charge in [-0.3, -0.25) is 28.9 Å². The molecule has 3 aliphatic rings. The van der Waals surface area contributed by atoms with E-state index < -0.39 is 6.04 Å². The molecule has 4 aromatic rings. The number of carbonyl (C=O) groups is 3. The highest BCUT2D eigenvalue weighted by Crippen LogP contribution is 2.34. The summed E-state index contributed by atoms with van der Waals surface area (Å²) in [6, 6.07) is 21.6. The molecule has 7 rings (SSSR count). The maximum atomic E-state index is 13.1. The summed E-state index contributed by atoms with van der Waals surface area (Å²) in [6.45, 7) is 10.5. The van der Waals surface area contributed by atoms with Gasteiger partial charge in [0.05, 0.1) is 37.2 Å². The lowest BCUT2D eigenvalue weighted by atomic mass is 10.0. The van der Waals surface area contributed by atoms with Crippen molar-refractivity contribution in [3.05, 3.63) is 108 Å². The number of para-hydroxylation sites is 1. The van der Waals surface area contributed by atoms with Gasteiger partial charge >= 0.3 is 0 Å². The lowest BCUT2D eigenvalue weighted by Crippen LogP contribution is -2.53. The first kappa shape index (κ1) is 34.8. The number of nitrogens with one attached hydrogen (secondary N) is 1. The number of ether oxygens (including phenoxy) is 1. The average molecular weight is 679 g/mol. The molecule has 0 spiro atoms.